The monoisotopic (exact) mass is 333 g/mol. The molecule has 0 spiro atoms. The molecule has 1 aromatic heterocycles. The van der Waals surface area contributed by atoms with E-state index in [0.717, 1.165) is 28.0 Å². The van der Waals surface area contributed by atoms with E-state index in [-0.39, 0.29) is 5.56 Å². The Morgan fingerprint density at radius 2 is 1.80 bits per heavy atom. The Bertz CT molecular complexity index is 961. The van der Waals surface area contributed by atoms with Gasteiger partial charge in [-0.25, -0.2) is 0 Å². The van der Waals surface area contributed by atoms with Crippen molar-refractivity contribution in [3.63, 3.8) is 0 Å². The standard InChI is InChI=1S/C21H19NO3/c1-24-19-10-6-5-9-16(19)18-14-22(13-15-7-3-2-4-8-15)21(23)17-11-12-25-20(17)18/h2-10,14H,11-13H2,1H3. The number of nitrogens with zero attached hydrogens (tertiary/aromatic N) is 1. The zero-order valence-corrected chi connectivity index (χ0v) is 14.1. The quantitative estimate of drug-likeness (QED) is 0.734. The number of para-hydroxylation sites is 1. The molecule has 1 aliphatic rings. The van der Waals surface area contributed by atoms with Crippen LogP contribution in [-0.4, -0.2) is 18.3 Å². The molecule has 0 N–H and O–H groups in total. The smallest absolute Gasteiger partial charge is 0.257 e. The summed E-state index contributed by atoms with van der Waals surface area (Å²) < 4.78 is 13.1. The van der Waals surface area contributed by atoms with Gasteiger partial charge in [-0.2, -0.15) is 0 Å². The summed E-state index contributed by atoms with van der Waals surface area (Å²) >= 11 is 0. The van der Waals surface area contributed by atoms with E-state index in [1.165, 1.54) is 0 Å². The summed E-state index contributed by atoms with van der Waals surface area (Å²) in [6, 6.07) is 17.8. The highest BCUT2D eigenvalue weighted by Crippen LogP contribution is 2.39. The summed E-state index contributed by atoms with van der Waals surface area (Å²) in [4.78, 5) is 12.9. The normalized spacial score (nSPS) is 12.5. The fourth-order valence-corrected chi connectivity index (χ4v) is 3.30. The summed E-state index contributed by atoms with van der Waals surface area (Å²) in [5, 5.41) is 0. The zero-order valence-electron chi connectivity index (χ0n) is 14.1. The van der Waals surface area contributed by atoms with Crippen LogP contribution in [0.15, 0.2) is 65.6 Å². The Morgan fingerprint density at radius 3 is 2.60 bits per heavy atom. The van der Waals surface area contributed by atoms with Crippen LogP contribution in [0.3, 0.4) is 0 Å². The van der Waals surface area contributed by atoms with Crippen molar-refractivity contribution >= 4 is 0 Å². The van der Waals surface area contributed by atoms with Gasteiger partial charge in [-0.3, -0.25) is 4.79 Å². The summed E-state index contributed by atoms with van der Waals surface area (Å²) in [7, 11) is 1.65. The average Bonchev–Trinajstić information content (AvgIpc) is 3.15. The maximum atomic E-state index is 12.9. The van der Waals surface area contributed by atoms with Gasteiger partial charge < -0.3 is 14.0 Å². The van der Waals surface area contributed by atoms with E-state index in [0.29, 0.717) is 25.3 Å². The van der Waals surface area contributed by atoms with Crippen LogP contribution >= 0.6 is 0 Å². The van der Waals surface area contributed by atoms with Gasteiger partial charge in [0.25, 0.3) is 5.56 Å². The van der Waals surface area contributed by atoms with E-state index in [1.807, 2.05) is 60.8 Å². The molecule has 0 bridgehead atoms. The molecule has 126 valence electrons. The first-order chi connectivity index (χ1) is 12.3. The van der Waals surface area contributed by atoms with Crippen LogP contribution in [0.4, 0.5) is 0 Å². The minimum absolute atomic E-state index is 0.0231. The van der Waals surface area contributed by atoms with E-state index in [1.54, 1.807) is 11.7 Å². The Balaban J connectivity index is 1.89. The van der Waals surface area contributed by atoms with E-state index in [4.69, 9.17) is 9.47 Å². The van der Waals surface area contributed by atoms with Crippen LogP contribution in [0.5, 0.6) is 11.5 Å². The third kappa shape index (κ3) is 2.80. The molecule has 25 heavy (non-hydrogen) atoms. The molecule has 0 saturated heterocycles. The summed E-state index contributed by atoms with van der Waals surface area (Å²) in [5.74, 6) is 1.46. The zero-order chi connectivity index (χ0) is 17.2. The van der Waals surface area contributed by atoms with Crippen molar-refractivity contribution in [2.24, 2.45) is 0 Å². The Morgan fingerprint density at radius 1 is 1.04 bits per heavy atom. The molecular weight excluding hydrogens is 314 g/mol. The highest BCUT2D eigenvalue weighted by molar-refractivity contribution is 5.76. The minimum Gasteiger partial charge on any atom is -0.496 e. The van der Waals surface area contributed by atoms with E-state index in [9.17, 15) is 4.79 Å². The number of pyridine rings is 1. The van der Waals surface area contributed by atoms with Gasteiger partial charge in [-0.1, -0.05) is 48.5 Å². The van der Waals surface area contributed by atoms with Gasteiger partial charge in [0, 0.05) is 23.7 Å². The molecule has 0 radical (unpaired) electrons. The largest absolute Gasteiger partial charge is 0.496 e. The molecule has 4 rings (SSSR count). The van der Waals surface area contributed by atoms with E-state index >= 15 is 0 Å². The fraction of sp³-hybridized carbons (Fsp3) is 0.190. The first kappa shape index (κ1) is 15.5. The summed E-state index contributed by atoms with van der Waals surface area (Å²) in [6.45, 7) is 1.08. The van der Waals surface area contributed by atoms with Crippen molar-refractivity contribution in [3.05, 3.63) is 82.3 Å². The number of ether oxygens (including phenoxy) is 2. The lowest BCUT2D eigenvalue weighted by Gasteiger charge is -2.15. The van der Waals surface area contributed by atoms with Crippen molar-refractivity contribution in [1.29, 1.82) is 0 Å². The Kier molecular flexibility index (Phi) is 4.02. The average molecular weight is 333 g/mol. The van der Waals surface area contributed by atoms with Gasteiger partial charge in [0.15, 0.2) is 0 Å². The SMILES string of the molecule is COc1ccccc1-c1cn(Cc2ccccc2)c(=O)c2c1OCC2. The number of benzene rings is 2. The van der Waals surface area contributed by atoms with Crippen LogP contribution in [-0.2, 0) is 13.0 Å². The van der Waals surface area contributed by atoms with Gasteiger partial charge in [-0.15, -0.1) is 0 Å². The van der Waals surface area contributed by atoms with Crippen molar-refractivity contribution < 1.29 is 9.47 Å². The third-order valence-electron chi connectivity index (χ3n) is 4.51. The predicted octanol–water partition coefficient (Wildman–Crippen LogP) is 3.51. The van der Waals surface area contributed by atoms with E-state index < -0.39 is 0 Å². The lowest BCUT2D eigenvalue weighted by molar-refractivity contribution is 0.357. The van der Waals surface area contributed by atoms with Crippen molar-refractivity contribution in [2.75, 3.05) is 13.7 Å². The van der Waals surface area contributed by atoms with Gasteiger partial charge in [0.05, 0.1) is 25.8 Å². The number of hydrogen-bond donors (Lipinski definition) is 0. The molecule has 0 saturated carbocycles. The number of hydrogen-bond acceptors (Lipinski definition) is 3. The fourth-order valence-electron chi connectivity index (χ4n) is 3.30. The molecule has 0 amide bonds. The number of methoxy groups -OCH3 is 1. The molecule has 0 aliphatic carbocycles. The molecule has 2 heterocycles. The highest BCUT2D eigenvalue weighted by Gasteiger charge is 2.24. The lowest BCUT2D eigenvalue weighted by Crippen LogP contribution is -2.23. The molecule has 0 unspecified atom stereocenters. The second-order valence-corrected chi connectivity index (χ2v) is 6.07. The van der Waals surface area contributed by atoms with Gasteiger partial charge >= 0.3 is 0 Å². The second kappa shape index (κ2) is 6.48. The summed E-state index contributed by atoms with van der Waals surface area (Å²) in [5.41, 5.74) is 3.70. The number of aromatic nitrogens is 1. The van der Waals surface area contributed by atoms with Crippen molar-refractivity contribution in [1.82, 2.24) is 4.57 Å². The third-order valence-corrected chi connectivity index (χ3v) is 4.51. The molecule has 4 nitrogen and oxygen atoms in total. The molecule has 0 atom stereocenters. The van der Waals surface area contributed by atoms with Crippen LogP contribution < -0.4 is 15.0 Å². The Labute approximate surface area is 146 Å². The maximum absolute atomic E-state index is 12.9. The maximum Gasteiger partial charge on any atom is 0.257 e. The number of fused-ring (bicyclic) bond motifs is 1. The van der Waals surface area contributed by atoms with Crippen LogP contribution in [0.2, 0.25) is 0 Å². The first-order valence-corrected chi connectivity index (χ1v) is 8.34. The van der Waals surface area contributed by atoms with Crippen molar-refractivity contribution in [2.45, 2.75) is 13.0 Å². The topological polar surface area (TPSA) is 40.5 Å². The van der Waals surface area contributed by atoms with E-state index in [2.05, 4.69) is 0 Å². The number of rotatable bonds is 4. The molecular formula is C21H19NO3. The predicted molar refractivity (Wildman–Crippen MR) is 97.4 cm³/mol. The van der Waals surface area contributed by atoms with Crippen LogP contribution in [0.1, 0.15) is 11.1 Å². The minimum atomic E-state index is 0.0231. The van der Waals surface area contributed by atoms with Gasteiger partial charge in [-0.05, 0) is 11.6 Å². The van der Waals surface area contributed by atoms with Gasteiger partial charge in [0.1, 0.15) is 11.5 Å². The molecule has 2 aromatic carbocycles. The van der Waals surface area contributed by atoms with Crippen LogP contribution in [0.25, 0.3) is 11.1 Å². The summed E-state index contributed by atoms with van der Waals surface area (Å²) in [6.07, 6.45) is 2.53. The molecule has 0 fully saturated rings. The van der Waals surface area contributed by atoms with Gasteiger partial charge in [0.2, 0.25) is 0 Å². The molecule has 4 heteroatoms. The second-order valence-electron chi connectivity index (χ2n) is 6.07. The first-order valence-electron chi connectivity index (χ1n) is 8.34. The lowest BCUT2D eigenvalue weighted by atomic mass is 10.0. The van der Waals surface area contributed by atoms with Crippen LogP contribution in [0, 0.1) is 0 Å². The van der Waals surface area contributed by atoms with Crippen molar-refractivity contribution in [3.8, 4) is 22.6 Å². The highest BCUT2D eigenvalue weighted by atomic mass is 16.5. The molecule has 1 aliphatic heterocycles. The Hall–Kier alpha value is -3.01. The molecule has 3 aromatic rings.